The zero-order valence-electron chi connectivity index (χ0n) is 19.1. The van der Waals surface area contributed by atoms with Gasteiger partial charge in [0.05, 0.1) is 0 Å². The van der Waals surface area contributed by atoms with Gasteiger partial charge in [-0.3, -0.25) is 0 Å². The van der Waals surface area contributed by atoms with Crippen LogP contribution < -0.4 is 0 Å². The first-order valence-corrected chi connectivity index (χ1v) is 10.6. The molecule has 0 heterocycles. The van der Waals surface area contributed by atoms with Crippen LogP contribution in [0.5, 0.6) is 0 Å². The van der Waals surface area contributed by atoms with Gasteiger partial charge in [-0.15, -0.1) is 0 Å². The summed E-state index contributed by atoms with van der Waals surface area (Å²) in [6.45, 7) is 15.3. The Morgan fingerprint density at radius 3 is 2.17 bits per heavy atom. The Labute approximate surface area is 176 Å². The Hall–Kier alpha value is -2.35. The Balaban J connectivity index is 2.27. The molecule has 2 heteroatoms. The lowest BCUT2D eigenvalue weighted by Gasteiger charge is -2.42. The average molecular weight is 393 g/mol. The number of allylic oxidation sites excluding steroid dienone is 6. The highest BCUT2D eigenvalue weighted by atomic mass is 16.4. The number of carboxylic acids is 1. The van der Waals surface area contributed by atoms with E-state index in [4.69, 9.17) is 5.11 Å². The molecule has 0 saturated heterocycles. The molecule has 0 aromatic heterocycles. The van der Waals surface area contributed by atoms with E-state index in [1.165, 1.54) is 35.1 Å². The number of aliphatic carboxylic acids is 1. The minimum absolute atomic E-state index is 0.212. The second-order valence-corrected chi connectivity index (χ2v) is 9.49. The van der Waals surface area contributed by atoms with Crippen LogP contribution in [0.15, 0.2) is 53.7 Å². The third-order valence-electron chi connectivity index (χ3n) is 6.23. The fraction of sp³-hybridized carbons (Fsp3) is 0.444. The monoisotopic (exact) mass is 392 g/mol. The molecule has 0 radical (unpaired) electrons. The number of carbonyl (C=O) groups is 1. The van der Waals surface area contributed by atoms with Crippen LogP contribution in [0.25, 0.3) is 6.08 Å². The summed E-state index contributed by atoms with van der Waals surface area (Å²) < 4.78 is 0. The van der Waals surface area contributed by atoms with Crippen molar-refractivity contribution in [1.29, 1.82) is 0 Å². The molecule has 2 rings (SSSR count). The zero-order chi connectivity index (χ0) is 21.8. The van der Waals surface area contributed by atoms with Crippen LogP contribution in [0, 0.1) is 6.92 Å². The third-order valence-corrected chi connectivity index (χ3v) is 6.23. The van der Waals surface area contributed by atoms with Crippen LogP contribution >= 0.6 is 0 Å². The molecule has 156 valence electrons. The van der Waals surface area contributed by atoms with E-state index in [0.29, 0.717) is 5.57 Å². The van der Waals surface area contributed by atoms with Crippen LogP contribution in [-0.4, -0.2) is 11.1 Å². The summed E-state index contributed by atoms with van der Waals surface area (Å²) in [5, 5.41) is 8.96. The zero-order valence-corrected chi connectivity index (χ0v) is 19.1. The van der Waals surface area contributed by atoms with Crippen LogP contribution in [0.2, 0.25) is 0 Å². The molecular weight excluding hydrogens is 356 g/mol. The Morgan fingerprint density at radius 1 is 1.03 bits per heavy atom. The Bertz CT molecular complexity index is 889. The van der Waals surface area contributed by atoms with Gasteiger partial charge < -0.3 is 5.11 Å². The third kappa shape index (κ3) is 5.59. The van der Waals surface area contributed by atoms with Gasteiger partial charge in [-0.1, -0.05) is 83.2 Å². The summed E-state index contributed by atoms with van der Waals surface area (Å²) in [5.41, 5.74) is 7.44. The molecule has 0 atom stereocenters. The highest BCUT2D eigenvalue weighted by Crippen LogP contribution is 2.46. The number of aryl methyl sites for hydroxylation is 1. The summed E-state index contributed by atoms with van der Waals surface area (Å²) in [6.07, 6.45) is 15.2. The molecule has 0 bridgehead atoms. The highest BCUT2D eigenvalue weighted by molar-refractivity contribution is 5.86. The van der Waals surface area contributed by atoms with Crippen molar-refractivity contribution >= 4 is 12.0 Å². The second-order valence-electron chi connectivity index (χ2n) is 9.49. The molecule has 29 heavy (non-hydrogen) atoms. The van der Waals surface area contributed by atoms with Gasteiger partial charge in [-0.05, 0) is 71.8 Å². The van der Waals surface area contributed by atoms with E-state index >= 15 is 0 Å². The molecule has 0 spiro atoms. The molecule has 0 aliphatic heterocycles. The number of hydrogen-bond acceptors (Lipinski definition) is 1. The summed E-state index contributed by atoms with van der Waals surface area (Å²) in [6, 6.07) is 4.77. The van der Waals surface area contributed by atoms with Crippen LogP contribution in [0.1, 0.15) is 83.1 Å². The molecule has 1 aliphatic carbocycles. The normalized spacial score (nSPS) is 19.0. The molecule has 1 aromatic rings. The number of carboxylic acid groups (broad SMARTS) is 1. The predicted octanol–water partition coefficient (Wildman–Crippen LogP) is 7.28. The van der Waals surface area contributed by atoms with Crippen molar-refractivity contribution in [2.75, 3.05) is 0 Å². The lowest BCUT2D eigenvalue weighted by atomic mass is 9.62. The van der Waals surface area contributed by atoms with Crippen molar-refractivity contribution in [3.05, 3.63) is 75.9 Å². The van der Waals surface area contributed by atoms with Crippen molar-refractivity contribution in [1.82, 2.24) is 0 Å². The van der Waals surface area contributed by atoms with Crippen molar-refractivity contribution in [3.63, 3.8) is 0 Å². The fourth-order valence-electron chi connectivity index (χ4n) is 3.85. The van der Waals surface area contributed by atoms with Gasteiger partial charge in [0.2, 0.25) is 0 Å². The molecule has 1 N–H and O–H groups in total. The summed E-state index contributed by atoms with van der Waals surface area (Å²) in [4.78, 5) is 10.9. The van der Waals surface area contributed by atoms with Crippen molar-refractivity contribution in [3.8, 4) is 0 Å². The maximum absolute atomic E-state index is 10.9. The standard InChI is InChI=1S/C27H36O2/c1-8-21(14-13-19(2)25(28)29)11-9-10-12-22-18-24-23(17-20(22)3)26(4,5)15-16-27(24,6)7/h9-14,17-18H,8,15-16H2,1-7H3,(H,28,29)/b11-9+,12-10+,19-13+,21-14+. The summed E-state index contributed by atoms with van der Waals surface area (Å²) >= 11 is 0. The van der Waals surface area contributed by atoms with Crippen LogP contribution in [0.3, 0.4) is 0 Å². The smallest absolute Gasteiger partial charge is 0.331 e. The maximum atomic E-state index is 10.9. The number of fused-ring (bicyclic) bond motifs is 1. The van der Waals surface area contributed by atoms with Gasteiger partial charge >= 0.3 is 5.97 Å². The highest BCUT2D eigenvalue weighted by Gasteiger charge is 2.37. The predicted molar refractivity (Wildman–Crippen MR) is 124 cm³/mol. The minimum Gasteiger partial charge on any atom is -0.478 e. The van der Waals surface area contributed by atoms with E-state index in [0.717, 1.165) is 12.0 Å². The molecule has 1 aromatic carbocycles. The molecule has 2 nitrogen and oxygen atoms in total. The van der Waals surface area contributed by atoms with Gasteiger partial charge in [0.1, 0.15) is 0 Å². The number of benzene rings is 1. The Morgan fingerprint density at radius 2 is 1.62 bits per heavy atom. The van der Waals surface area contributed by atoms with Gasteiger partial charge in [-0.2, -0.15) is 0 Å². The van der Waals surface area contributed by atoms with E-state index in [2.05, 4.69) is 65.8 Å². The van der Waals surface area contributed by atoms with Crippen LogP contribution in [0.4, 0.5) is 0 Å². The lowest BCUT2D eigenvalue weighted by Crippen LogP contribution is -2.34. The summed E-state index contributed by atoms with van der Waals surface area (Å²) in [7, 11) is 0. The molecule has 1 aliphatic rings. The maximum Gasteiger partial charge on any atom is 0.331 e. The lowest BCUT2D eigenvalue weighted by molar-refractivity contribution is -0.132. The largest absolute Gasteiger partial charge is 0.478 e. The SMILES string of the molecule is CCC(/C=C/C=C/c1cc2c(cc1C)C(C)(C)CCC2(C)C)=C\C=C(/C)C(=O)O. The first kappa shape index (κ1) is 22.9. The average Bonchev–Trinajstić information content (AvgIpc) is 2.65. The fourth-order valence-corrected chi connectivity index (χ4v) is 3.85. The van der Waals surface area contributed by atoms with Crippen LogP contribution in [-0.2, 0) is 15.6 Å². The van der Waals surface area contributed by atoms with Crippen molar-refractivity contribution in [2.24, 2.45) is 0 Å². The van der Waals surface area contributed by atoms with Crippen molar-refractivity contribution < 1.29 is 9.90 Å². The van der Waals surface area contributed by atoms with E-state index in [1.54, 1.807) is 13.0 Å². The van der Waals surface area contributed by atoms with E-state index in [9.17, 15) is 4.79 Å². The van der Waals surface area contributed by atoms with E-state index < -0.39 is 5.97 Å². The van der Waals surface area contributed by atoms with Gasteiger partial charge in [-0.25, -0.2) is 4.79 Å². The van der Waals surface area contributed by atoms with Gasteiger partial charge in [0.25, 0.3) is 0 Å². The number of hydrogen-bond donors (Lipinski definition) is 1. The molecule has 0 fully saturated rings. The minimum atomic E-state index is -0.880. The quantitative estimate of drug-likeness (QED) is 0.408. The first-order valence-electron chi connectivity index (χ1n) is 10.6. The second kappa shape index (κ2) is 8.98. The van der Waals surface area contributed by atoms with Gasteiger partial charge in [0, 0.05) is 5.57 Å². The van der Waals surface area contributed by atoms with E-state index in [-0.39, 0.29) is 10.8 Å². The molecule has 0 amide bonds. The molecular formula is C27H36O2. The number of rotatable bonds is 6. The first-order chi connectivity index (χ1) is 13.5. The Kier molecular flexibility index (Phi) is 7.11. The van der Waals surface area contributed by atoms with Crippen molar-refractivity contribution in [2.45, 2.75) is 78.6 Å². The van der Waals surface area contributed by atoms with Gasteiger partial charge in [0.15, 0.2) is 0 Å². The molecule has 0 saturated carbocycles. The van der Waals surface area contributed by atoms with E-state index in [1.807, 2.05) is 18.2 Å². The topological polar surface area (TPSA) is 37.3 Å². The summed E-state index contributed by atoms with van der Waals surface area (Å²) in [5.74, 6) is -0.880. The molecule has 0 unspecified atom stereocenters.